The molecule has 6 nitrogen and oxygen atoms in total. The van der Waals surface area contributed by atoms with Crippen LogP contribution < -0.4 is 16.0 Å². The molecule has 0 saturated carbocycles. The van der Waals surface area contributed by atoms with Crippen molar-refractivity contribution in [2.24, 2.45) is 0 Å². The molecule has 2 aromatic rings. The Balaban J connectivity index is 2.02. The minimum atomic E-state index is -0.787. The van der Waals surface area contributed by atoms with E-state index in [2.05, 4.69) is 16.0 Å². The molecule has 0 saturated heterocycles. The lowest BCUT2D eigenvalue weighted by Crippen LogP contribution is -2.49. The van der Waals surface area contributed by atoms with E-state index in [0.717, 1.165) is 5.56 Å². The van der Waals surface area contributed by atoms with E-state index in [-0.39, 0.29) is 6.54 Å². The van der Waals surface area contributed by atoms with Gasteiger partial charge in [0.1, 0.15) is 24.5 Å². The summed E-state index contributed by atoms with van der Waals surface area (Å²) in [5, 5.41) is 7.68. The third kappa shape index (κ3) is 4.84. The van der Waals surface area contributed by atoms with Crippen LogP contribution in [0.15, 0.2) is 53.1 Å². The third-order valence-electron chi connectivity index (χ3n) is 3.37. The Bertz CT molecular complexity index is 646. The van der Waals surface area contributed by atoms with Crippen LogP contribution >= 0.6 is 0 Å². The number of carbonyl (C=O) groups excluding carboxylic acids is 2. The summed E-state index contributed by atoms with van der Waals surface area (Å²) in [6.07, 6.45) is 1.53. The van der Waals surface area contributed by atoms with Crippen LogP contribution in [-0.4, -0.2) is 31.2 Å². The van der Waals surface area contributed by atoms with Crippen molar-refractivity contribution < 1.29 is 18.4 Å². The predicted molar refractivity (Wildman–Crippen MR) is 87.1 cm³/mol. The molecule has 0 radical (unpaired) electrons. The standard InChI is InChI=1S/C17H20FN3O3/c1-12(16(22)19-10-9-18)20-17(23)21-15(14-8-5-11-24-14)13-6-3-2-4-7-13/h2-8,11-12,15H,9-10H2,1H3,(H,19,22)(H2,20,21,23)/t12-,15-/m1/s1. The molecule has 24 heavy (non-hydrogen) atoms. The molecule has 0 bridgehead atoms. The summed E-state index contributed by atoms with van der Waals surface area (Å²) >= 11 is 0. The van der Waals surface area contributed by atoms with Crippen molar-refractivity contribution in [2.45, 2.75) is 19.0 Å². The second kappa shape index (κ2) is 8.71. The first kappa shape index (κ1) is 17.5. The Kier molecular flexibility index (Phi) is 6.36. The van der Waals surface area contributed by atoms with Crippen molar-refractivity contribution in [2.75, 3.05) is 13.2 Å². The van der Waals surface area contributed by atoms with Gasteiger partial charge >= 0.3 is 6.03 Å². The number of hydrogen-bond acceptors (Lipinski definition) is 3. The maximum absolute atomic E-state index is 12.2. The predicted octanol–water partition coefficient (Wildman–Crippen LogP) is 2.14. The smallest absolute Gasteiger partial charge is 0.316 e. The third-order valence-corrected chi connectivity index (χ3v) is 3.37. The molecule has 0 spiro atoms. The van der Waals surface area contributed by atoms with Crippen LogP contribution in [0.5, 0.6) is 0 Å². The number of hydrogen-bond donors (Lipinski definition) is 3. The van der Waals surface area contributed by atoms with Gasteiger partial charge in [0, 0.05) is 6.54 Å². The minimum Gasteiger partial charge on any atom is -0.467 e. The minimum absolute atomic E-state index is 0.0779. The number of benzene rings is 1. The van der Waals surface area contributed by atoms with E-state index < -0.39 is 30.7 Å². The number of furan rings is 1. The Morgan fingerprint density at radius 3 is 2.50 bits per heavy atom. The number of nitrogens with one attached hydrogen (secondary N) is 3. The van der Waals surface area contributed by atoms with Crippen LogP contribution in [0.3, 0.4) is 0 Å². The fourth-order valence-corrected chi connectivity index (χ4v) is 2.18. The van der Waals surface area contributed by atoms with E-state index in [1.54, 1.807) is 12.1 Å². The molecule has 7 heteroatoms. The van der Waals surface area contributed by atoms with E-state index in [9.17, 15) is 14.0 Å². The van der Waals surface area contributed by atoms with Gasteiger partial charge in [0.25, 0.3) is 0 Å². The summed E-state index contributed by atoms with van der Waals surface area (Å²) in [6, 6.07) is 11.0. The first-order valence-corrected chi connectivity index (χ1v) is 7.61. The second-order valence-corrected chi connectivity index (χ2v) is 5.18. The quantitative estimate of drug-likeness (QED) is 0.726. The Hall–Kier alpha value is -2.83. The normalized spacial score (nSPS) is 12.9. The van der Waals surface area contributed by atoms with Gasteiger partial charge in [-0.15, -0.1) is 0 Å². The molecular weight excluding hydrogens is 313 g/mol. The van der Waals surface area contributed by atoms with Crippen molar-refractivity contribution in [1.29, 1.82) is 0 Å². The summed E-state index contributed by atoms with van der Waals surface area (Å²) in [6.45, 7) is 0.794. The first-order chi connectivity index (χ1) is 11.6. The lowest BCUT2D eigenvalue weighted by Gasteiger charge is -2.20. The highest BCUT2D eigenvalue weighted by molar-refractivity contribution is 5.86. The fourth-order valence-electron chi connectivity index (χ4n) is 2.18. The molecule has 0 aliphatic heterocycles. The molecule has 3 N–H and O–H groups in total. The molecular formula is C17H20FN3O3. The van der Waals surface area contributed by atoms with Crippen molar-refractivity contribution in [3.8, 4) is 0 Å². The number of rotatable bonds is 7. The number of carbonyl (C=O) groups is 2. The van der Waals surface area contributed by atoms with E-state index in [1.165, 1.54) is 13.2 Å². The molecule has 128 valence electrons. The Morgan fingerprint density at radius 1 is 1.12 bits per heavy atom. The van der Waals surface area contributed by atoms with Crippen molar-refractivity contribution in [3.05, 3.63) is 60.1 Å². The largest absolute Gasteiger partial charge is 0.467 e. The average molecular weight is 333 g/mol. The Morgan fingerprint density at radius 2 is 1.88 bits per heavy atom. The summed E-state index contributed by atoms with van der Waals surface area (Å²) in [7, 11) is 0. The maximum atomic E-state index is 12.2. The topological polar surface area (TPSA) is 83.4 Å². The van der Waals surface area contributed by atoms with Crippen LogP contribution in [0, 0.1) is 0 Å². The molecule has 0 fully saturated rings. The Labute approximate surface area is 139 Å². The summed E-state index contributed by atoms with van der Waals surface area (Å²) in [4.78, 5) is 23.9. The van der Waals surface area contributed by atoms with E-state index in [1.807, 2.05) is 30.3 Å². The molecule has 0 aliphatic rings. The lowest BCUT2D eigenvalue weighted by molar-refractivity contribution is -0.122. The molecule has 2 atom stereocenters. The molecule has 1 heterocycles. The zero-order valence-electron chi connectivity index (χ0n) is 13.3. The maximum Gasteiger partial charge on any atom is 0.316 e. The summed E-state index contributed by atoms with van der Waals surface area (Å²) in [5.74, 6) is 0.128. The molecule has 3 amide bonds. The molecule has 1 aromatic carbocycles. The van der Waals surface area contributed by atoms with Crippen molar-refractivity contribution >= 4 is 11.9 Å². The highest BCUT2D eigenvalue weighted by Crippen LogP contribution is 2.22. The van der Waals surface area contributed by atoms with Crippen molar-refractivity contribution in [1.82, 2.24) is 16.0 Å². The molecule has 1 aromatic heterocycles. The first-order valence-electron chi connectivity index (χ1n) is 7.61. The fraction of sp³-hybridized carbons (Fsp3) is 0.294. The zero-order chi connectivity index (χ0) is 17.4. The van der Waals surface area contributed by atoms with Crippen LogP contribution in [0.25, 0.3) is 0 Å². The van der Waals surface area contributed by atoms with E-state index >= 15 is 0 Å². The highest BCUT2D eigenvalue weighted by atomic mass is 19.1. The van der Waals surface area contributed by atoms with Gasteiger partial charge < -0.3 is 20.4 Å². The molecule has 0 unspecified atom stereocenters. The van der Waals surface area contributed by atoms with Gasteiger partial charge in [-0.2, -0.15) is 0 Å². The monoisotopic (exact) mass is 333 g/mol. The molecule has 2 rings (SSSR count). The van der Waals surface area contributed by atoms with Crippen LogP contribution in [0.2, 0.25) is 0 Å². The van der Waals surface area contributed by atoms with Gasteiger partial charge in [-0.3, -0.25) is 4.79 Å². The average Bonchev–Trinajstić information content (AvgIpc) is 3.12. The number of alkyl halides is 1. The van der Waals surface area contributed by atoms with E-state index in [0.29, 0.717) is 5.76 Å². The van der Waals surface area contributed by atoms with Gasteiger partial charge in [0.15, 0.2) is 0 Å². The van der Waals surface area contributed by atoms with Gasteiger partial charge in [0.2, 0.25) is 5.91 Å². The van der Waals surface area contributed by atoms with Crippen LogP contribution in [0.1, 0.15) is 24.3 Å². The van der Waals surface area contributed by atoms with Gasteiger partial charge in [-0.25, -0.2) is 9.18 Å². The second-order valence-electron chi connectivity index (χ2n) is 5.18. The number of amides is 3. The number of urea groups is 1. The van der Waals surface area contributed by atoms with E-state index in [4.69, 9.17) is 4.42 Å². The van der Waals surface area contributed by atoms with Crippen LogP contribution in [0.4, 0.5) is 9.18 Å². The summed E-state index contributed by atoms with van der Waals surface area (Å²) < 4.78 is 17.5. The van der Waals surface area contributed by atoms with Gasteiger partial charge in [0.05, 0.1) is 6.26 Å². The van der Waals surface area contributed by atoms with Crippen molar-refractivity contribution in [3.63, 3.8) is 0 Å². The lowest BCUT2D eigenvalue weighted by atomic mass is 10.0. The van der Waals surface area contributed by atoms with Gasteiger partial charge in [-0.1, -0.05) is 30.3 Å². The SMILES string of the molecule is C[C@@H](NC(=O)N[C@H](c1ccccc1)c1ccco1)C(=O)NCCF. The summed E-state index contributed by atoms with van der Waals surface area (Å²) in [5.41, 5.74) is 0.845. The van der Waals surface area contributed by atoms with Gasteiger partial charge in [-0.05, 0) is 24.6 Å². The zero-order valence-corrected chi connectivity index (χ0v) is 13.3. The highest BCUT2D eigenvalue weighted by Gasteiger charge is 2.21. The molecule has 0 aliphatic carbocycles. The number of halogens is 1. The van der Waals surface area contributed by atoms with Crippen LogP contribution in [-0.2, 0) is 4.79 Å².